The van der Waals surface area contributed by atoms with Gasteiger partial charge in [-0.05, 0) is 19.3 Å². The predicted molar refractivity (Wildman–Crippen MR) is 68.0 cm³/mol. The molecule has 1 nitrogen and oxygen atoms in total. The van der Waals surface area contributed by atoms with Crippen molar-refractivity contribution in [1.29, 1.82) is 0 Å². The molecule has 0 radical (unpaired) electrons. The molecule has 0 saturated heterocycles. The van der Waals surface area contributed by atoms with Gasteiger partial charge in [0.05, 0.1) is 0 Å². The van der Waals surface area contributed by atoms with Gasteiger partial charge in [-0.25, -0.2) is 0 Å². The van der Waals surface area contributed by atoms with Crippen molar-refractivity contribution in [3.05, 3.63) is 24.3 Å². The van der Waals surface area contributed by atoms with Crippen LogP contribution < -0.4 is 0 Å². The lowest BCUT2D eigenvalue weighted by Crippen LogP contribution is -1.77. The first-order chi connectivity index (χ1) is 7.41. The Morgan fingerprint density at radius 3 is 2.07 bits per heavy atom. The van der Waals surface area contributed by atoms with Crippen LogP contribution in [0.1, 0.15) is 58.3 Å². The second-order valence-corrected chi connectivity index (χ2v) is 3.93. The maximum absolute atomic E-state index is 8.53. The summed E-state index contributed by atoms with van der Waals surface area (Å²) >= 11 is 0. The van der Waals surface area contributed by atoms with E-state index in [0.29, 0.717) is 0 Å². The summed E-state index contributed by atoms with van der Waals surface area (Å²) in [5.74, 6) is 0. The van der Waals surface area contributed by atoms with Crippen LogP contribution in [0.25, 0.3) is 0 Å². The number of allylic oxidation sites excluding steroid dienone is 3. The molecule has 0 aliphatic rings. The van der Waals surface area contributed by atoms with Crippen molar-refractivity contribution < 1.29 is 5.11 Å². The fraction of sp³-hybridized carbons (Fsp3) is 0.714. The van der Waals surface area contributed by atoms with Gasteiger partial charge in [-0.1, -0.05) is 63.3 Å². The average molecular weight is 210 g/mol. The van der Waals surface area contributed by atoms with Gasteiger partial charge in [0.2, 0.25) is 0 Å². The summed E-state index contributed by atoms with van der Waals surface area (Å²) in [6.45, 7) is 2.50. The zero-order valence-corrected chi connectivity index (χ0v) is 10.1. The molecule has 0 amide bonds. The Hall–Kier alpha value is -0.560. The predicted octanol–water partition coefficient (Wildman–Crippen LogP) is 4.23. The largest absolute Gasteiger partial charge is 0.396 e. The summed E-state index contributed by atoms with van der Waals surface area (Å²) in [6, 6.07) is 0. The van der Waals surface area contributed by atoms with Gasteiger partial charge in [-0.3, -0.25) is 0 Å². The molecule has 15 heavy (non-hydrogen) atoms. The molecule has 0 saturated carbocycles. The van der Waals surface area contributed by atoms with Gasteiger partial charge >= 0.3 is 0 Å². The minimum atomic E-state index is 0.252. The molecule has 88 valence electrons. The van der Waals surface area contributed by atoms with Gasteiger partial charge in [0, 0.05) is 6.61 Å². The summed E-state index contributed by atoms with van der Waals surface area (Å²) in [5, 5.41) is 8.53. The zero-order chi connectivity index (χ0) is 11.2. The standard InChI is InChI=1S/C14H26O/c1-2-3-4-5-6-7-8-9-10-11-12-13-14-15/h9-12,15H,2-8,13-14H2,1H3/b10-9+,12-11?. The second kappa shape index (κ2) is 13.4. The number of rotatable bonds is 10. The van der Waals surface area contributed by atoms with Crippen LogP contribution in [-0.2, 0) is 0 Å². The highest BCUT2D eigenvalue weighted by Crippen LogP contribution is 2.07. The maximum atomic E-state index is 8.53. The second-order valence-electron chi connectivity index (χ2n) is 3.93. The van der Waals surface area contributed by atoms with Crippen LogP contribution in [0.5, 0.6) is 0 Å². The molecular formula is C14H26O. The summed E-state index contributed by atoms with van der Waals surface area (Å²) < 4.78 is 0. The number of hydrogen-bond acceptors (Lipinski definition) is 1. The van der Waals surface area contributed by atoms with Crippen LogP contribution in [0, 0.1) is 0 Å². The van der Waals surface area contributed by atoms with Gasteiger partial charge in [-0.15, -0.1) is 0 Å². The SMILES string of the molecule is CCCCCCCC/C=C/C=CCCO. The normalized spacial score (nSPS) is 11.9. The van der Waals surface area contributed by atoms with Crippen LogP contribution >= 0.6 is 0 Å². The van der Waals surface area contributed by atoms with E-state index in [9.17, 15) is 0 Å². The first-order valence-corrected chi connectivity index (χ1v) is 6.34. The van der Waals surface area contributed by atoms with E-state index in [1.807, 2.05) is 12.2 Å². The van der Waals surface area contributed by atoms with E-state index in [-0.39, 0.29) is 6.61 Å². The van der Waals surface area contributed by atoms with Crippen molar-refractivity contribution in [2.45, 2.75) is 58.3 Å². The molecule has 0 unspecified atom stereocenters. The van der Waals surface area contributed by atoms with Crippen molar-refractivity contribution in [2.24, 2.45) is 0 Å². The zero-order valence-electron chi connectivity index (χ0n) is 10.1. The van der Waals surface area contributed by atoms with E-state index in [2.05, 4.69) is 19.1 Å². The Kier molecular flexibility index (Phi) is 12.9. The lowest BCUT2D eigenvalue weighted by Gasteiger charge is -1.97. The molecule has 1 N–H and O–H groups in total. The highest BCUT2D eigenvalue weighted by Gasteiger charge is 1.87. The first kappa shape index (κ1) is 14.4. The molecule has 0 atom stereocenters. The van der Waals surface area contributed by atoms with Crippen LogP contribution in [-0.4, -0.2) is 11.7 Å². The number of hydrogen-bond donors (Lipinski definition) is 1. The topological polar surface area (TPSA) is 20.2 Å². The van der Waals surface area contributed by atoms with E-state index in [1.54, 1.807) is 0 Å². The molecule has 0 aliphatic heterocycles. The molecule has 0 aliphatic carbocycles. The van der Waals surface area contributed by atoms with Gasteiger partial charge in [-0.2, -0.15) is 0 Å². The van der Waals surface area contributed by atoms with Gasteiger partial charge < -0.3 is 5.11 Å². The van der Waals surface area contributed by atoms with E-state index in [1.165, 1.54) is 44.9 Å². The highest BCUT2D eigenvalue weighted by atomic mass is 16.2. The molecule has 0 spiro atoms. The molecule has 1 heteroatoms. The van der Waals surface area contributed by atoms with E-state index in [4.69, 9.17) is 5.11 Å². The first-order valence-electron chi connectivity index (χ1n) is 6.34. The third-order valence-corrected chi connectivity index (χ3v) is 2.40. The van der Waals surface area contributed by atoms with Gasteiger partial charge in [0.25, 0.3) is 0 Å². The molecular weight excluding hydrogens is 184 g/mol. The minimum absolute atomic E-state index is 0.252. The van der Waals surface area contributed by atoms with E-state index in [0.717, 1.165) is 6.42 Å². The molecule has 0 bridgehead atoms. The Morgan fingerprint density at radius 2 is 1.40 bits per heavy atom. The highest BCUT2D eigenvalue weighted by molar-refractivity contribution is 5.02. The quantitative estimate of drug-likeness (QED) is 0.422. The maximum Gasteiger partial charge on any atom is 0.0465 e. The summed E-state index contributed by atoms with van der Waals surface area (Å²) in [4.78, 5) is 0. The Bertz CT molecular complexity index is 159. The van der Waals surface area contributed by atoms with Crippen molar-refractivity contribution >= 4 is 0 Å². The van der Waals surface area contributed by atoms with Crippen LogP contribution in [0.4, 0.5) is 0 Å². The van der Waals surface area contributed by atoms with Crippen molar-refractivity contribution in [3.63, 3.8) is 0 Å². The van der Waals surface area contributed by atoms with Crippen LogP contribution in [0.3, 0.4) is 0 Å². The van der Waals surface area contributed by atoms with Crippen LogP contribution in [0.15, 0.2) is 24.3 Å². The molecule has 0 fully saturated rings. The molecule has 0 aromatic heterocycles. The Balaban J connectivity index is 3.09. The third-order valence-electron chi connectivity index (χ3n) is 2.40. The molecule has 0 rings (SSSR count). The molecule has 0 aromatic rings. The summed E-state index contributed by atoms with van der Waals surface area (Å²) in [5.41, 5.74) is 0. The van der Waals surface area contributed by atoms with E-state index >= 15 is 0 Å². The summed E-state index contributed by atoms with van der Waals surface area (Å²) in [6.07, 6.45) is 18.5. The summed E-state index contributed by atoms with van der Waals surface area (Å²) in [7, 11) is 0. The smallest absolute Gasteiger partial charge is 0.0465 e. The van der Waals surface area contributed by atoms with Crippen LogP contribution in [0.2, 0.25) is 0 Å². The van der Waals surface area contributed by atoms with Crippen molar-refractivity contribution in [1.82, 2.24) is 0 Å². The third kappa shape index (κ3) is 13.4. The number of unbranched alkanes of at least 4 members (excludes halogenated alkanes) is 6. The van der Waals surface area contributed by atoms with E-state index < -0.39 is 0 Å². The molecule has 0 aromatic carbocycles. The fourth-order valence-corrected chi connectivity index (χ4v) is 1.47. The Morgan fingerprint density at radius 1 is 0.800 bits per heavy atom. The van der Waals surface area contributed by atoms with Gasteiger partial charge in [0.1, 0.15) is 0 Å². The van der Waals surface area contributed by atoms with Crippen molar-refractivity contribution in [3.8, 4) is 0 Å². The lowest BCUT2D eigenvalue weighted by molar-refractivity contribution is 0.302. The average Bonchev–Trinajstić information content (AvgIpc) is 2.26. The minimum Gasteiger partial charge on any atom is -0.396 e. The van der Waals surface area contributed by atoms with Crippen molar-refractivity contribution in [2.75, 3.05) is 6.61 Å². The Labute approximate surface area is 94.9 Å². The lowest BCUT2D eigenvalue weighted by atomic mass is 10.1. The fourth-order valence-electron chi connectivity index (χ4n) is 1.47. The monoisotopic (exact) mass is 210 g/mol. The van der Waals surface area contributed by atoms with Gasteiger partial charge in [0.15, 0.2) is 0 Å². The number of aliphatic hydroxyl groups excluding tert-OH is 1. The number of aliphatic hydroxyl groups is 1. The molecule has 0 heterocycles.